The predicted octanol–water partition coefficient (Wildman–Crippen LogP) is 1.60. The fourth-order valence-corrected chi connectivity index (χ4v) is 1.85. The van der Waals surface area contributed by atoms with Gasteiger partial charge < -0.3 is 5.32 Å². The number of unbranched alkanes of at least 4 members (excludes halogenated alkanes) is 1. The minimum Gasteiger partial charge on any atom is -0.324 e. The van der Waals surface area contributed by atoms with Crippen molar-refractivity contribution >= 4 is 21.6 Å². The van der Waals surface area contributed by atoms with Crippen LogP contribution < -0.4 is 10.5 Å². The highest BCUT2D eigenvalue weighted by molar-refractivity contribution is 7.89. The SMILES string of the molecule is CCCCC(=O)Nc1ccc(S(N)(=O)=O)cc1F. The van der Waals surface area contributed by atoms with Crippen LogP contribution in [0.25, 0.3) is 0 Å². The van der Waals surface area contributed by atoms with Crippen molar-refractivity contribution in [1.82, 2.24) is 0 Å². The van der Waals surface area contributed by atoms with Crippen LogP contribution in [0.4, 0.5) is 10.1 Å². The number of carbonyl (C=O) groups is 1. The number of nitrogens with two attached hydrogens (primary N) is 1. The van der Waals surface area contributed by atoms with Gasteiger partial charge in [-0.3, -0.25) is 4.79 Å². The second-order valence-corrected chi connectivity index (χ2v) is 5.40. The lowest BCUT2D eigenvalue weighted by molar-refractivity contribution is -0.116. The second kappa shape index (κ2) is 5.92. The number of benzene rings is 1. The van der Waals surface area contributed by atoms with Gasteiger partial charge in [0.15, 0.2) is 0 Å². The first-order chi connectivity index (χ1) is 8.34. The van der Waals surface area contributed by atoms with Gasteiger partial charge in [-0.25, -0.2) is 17.9 Å². The van der Waals surface area contributed by atoms with Crippen LogP contribution in [-0.2, 0) is 14.8 Å². The number of primary sulfonamides is 1. The van der Waals surface area contributed by atoms with Gasteiger partial charge in [0.2, 0.25) is 15.9 Å². The molecule has 0 saturated heterocycles. The maximum absolute atomic E-state index is 13.5. The Labute approximate surface area is 105 Å². The van der Waals surface area contributed by atoms with E-state index in [1.807, 2.05) is 6.92 Å². The van der Waals surface area contributed by atoms with Gasteiger partial charge in [0.1, 0.15) is 5.82 Å². The molecular formula is C11H15FN2O3S. The summed E-state index contributed by atoms with van der Waals surface area (Å²) in [7, 11) is -3.94. The quantitative estimate of drug-likeness (QED) is 0.854. The van der Waals surface area contributed by atoms with Crippen LogP contribution in [0.5, 0.6) is 0 Å². The number of hydrogen-bond acceptors (Lipinski definition) is 3. The van der Waals surface area contributed by atoms with Crippen molar-refractivity contribution in [2.24, 2.45) is 5.14 Å². The van der Waals surface area contributed by atoms with Gasteiger partial charge >= 0.3 is 0 Å². The Morgan fingerprint density at radius 2 is 2.11 bits per heavy atom. The summed E-state index contributed by atoms with van der Waals surface area (Å²) in [4.78, 5) is 11.1. The number of nitrogens with one attached hydrogen (secondary N) is 1. The average molecular weight is 274 g/mol. The normalized spacial score (nSPS) is 11.3. The summed E-state index contributed by atoms with van der Waals surface area (Å²) in [5.41, 5.74) is -0.0523. The van der Waals surface area contributed by atoms with E-state index in [1.54, 1.807) is 0 Å². The lowest BCUT2D eigenvalue weighted by Gasteiger charge is -2.07. The van der Waals surface area contributed by atoms with E-state index in [1.165, 1.54) is 6.07 Å². The largest absolute Gasteiger partial charge is 0.324 e. The Hall–Kier alpha value is -1.47. The van der Waals surface area contributed by atoms with Crippen LogP contribution in [0.1, 0.15) is 26.2 Å². The highest BCUT2D eigenvalue weighted by Gasteiger charge is 2.12. The first-order valence-electron chi connectivity index (χ1n) is 5.46. The first kappa shape index (κ1) is 14.6. The number of halogens is 1. The van der Waals surface area contributed by atoms with Crippen molar-refractivity contribution < 1.29 is 17.6 Å². The number of anilines is 1. The molecule has 0 radical (unpaired) electrons. The van der Waals surface area contributed by atoms with E-state index in [-0.39, 0.29) is 16.5 Å². The summed E-state index contributed by atoms with van der Waals surface area (Å²) in [5, 5.41) is 7.24. The van der Waals surface area contributed by atoms with Gasteiger partial charge in [-0.1, -0.05) is 13.3 Å². The Morgan fingerprint density at radius 3 is 2.61 bits per heavy atom. The van der Waals surface area contributed by atoms with Gasteiger partial charge in [-0.05, 0) is 24.6 Å². The molecule has 0 fully saturated rings. The molecule has 5 nitrogen and oxygen atoms in total. The Balaban J connectivity index is 2.84. The smallest absolute Gasteiger partial charge is 0.238 e. The van der Waals surface area contributed by atoms with E-state index < -0.39 is 15.8 Å². The van der Waals surface area contributed by atoms with E-state index in [0.717, 1.165) is 18.6 Å². The van der Waals surface area contributed by atoms with Crippen LogP contribution in [0.2, 0.25) is 0 Å². The van der Waals surface area contributed by atoms with Gasteiger partial charge in [0.25, 0.3) is 0 Å². The van der Waals surface area contributed by atoms with Crippen molar-refractivity contribution in [3.05, 3.63) is 24.0 Å². The van der Waals surface area contributed by atoms with Crippen molar-refractivity contribution in [3.63, 3.8) is 0 Å². The molecule has 1 amide bonds. The van der Waals surface area contributed by atoms with E-state index in [2.05, 4.69) is 5.32 Å². The summed E-state index contributed by atoms with van der Waals surface area (Å²) in [6, 6.07) is 3.11. The molecule has 1 aromatic rings. The van der Waals surface area contributed by atoms with E-state index in [4.69, 9.17) is 5.14 Å². The highest BCUT2D eigenvalue weighted by atomic mass is 32.2. The van der Waals surface area contributed by atoms with Crippen LogP contribution >= 0.6 is 0 Å². The fraction of sp³-hybridized carbons (Fsp3) is 0.364. The van der Waals surface area contributed by atoms with Crippen LogP contribution in [0.3, 0.4) is 0 Å². The number of hydrogen-bond donors (Lipinski definition) is 2. The molecule has 0 atom stereocenters. The zero-order valence-corrected chi connectivity index (χ0v) is 10.8. The van der Waals surface area contributed by atoms with Gasteiger partial charge in [0, 0.05) is 6.42 Å². The monoisotopic (exact) mass is 274 g/mol. The summed E-state index contributed by atoms with van der Waals surface area (Å²) in [6.07, 6.45) is 1.87. The molecule has 1 rings (SSSR count). The summed E-state index contributed by atoms with van der Waals surface area (Å²) >= 11 is 0. The van der Waals surface area contributed by atoms with Crippen molar-refractivity contribution in [2.75, 3.05) is 5.32 Å². The third-order valence-corrected chi connectivity index (χ3v) is 3.21. The molecule has 0 unspecified atom stereocenters. The zero-order chi connectivity index (χ0) is 13.8. The molecule has 0 aromatic heterocycles. The summed E-state index contributed by atoms with van der Waals surface area (Å²) < 4.78 is 35.5. The van der Waals surface area contributed by atoms with Crippen molar-refractivity contribution in [1.29, 1.82) is 0 Å². The molecule has 18 heavy (non-hydrogen) atoms. The number of amides is 1. The van der Waals surface area contributed by atoms with Crippen LogP contribution in [0.15, 0.2) is 23.1 Å². The van der Waals surface area contributed by atoms with E-state index in [0.29, 0.717) is 12.8 Å². The van der Waals surface area contributed by atoms with Crippen LogP contribution in [0, 0.1) is 5.82 Å². The van der Waals surface area contributed by atoms with E-state index in [9.17, 15) is 17.6 Å². The lowest BCUT2D eigenvalue weighted by atomic mass is 10.2. The predicted molar refractivity (Wildman–Crippen MR) is 65.9 cm³/mol. The maximum atomic E-state index is 13.5. The molecule has 7 heteroatoms. The third kappa shape index (κ3) is 4.08. The molecule has 0 aliphatic carbocycles. The molecule has 0 bridgehead atoms. The highest BCUT2D eigenvalue weighted by Crippen LogP contribution is 2.18. The molecular weight excluding hydrogens is 259 g/mol. The topological polar surface area (TPSA) is 89.3 Å². The molecule has 1 aromatic carbocycles. The Bertz CT molecular complexity index is 543. The van der Waals surface area contributed by atoms with Crippen molar-refractivity contribution in [3.8, 4) is 0 Å². The minimum absolute atomic E-state index is 0.0523. The number of carbonyl (C=O) groups excluding carboxylic acids is 1. The molecule has 0 aliphatic rings. The Kier molecular flexibility index (Phi) is 4.80. The van der Waals surface area contributed by atoms with Crippen molar-refractivity contribution in [2.45, 2.75) is 31.1 Å². The minimum atomic E-state index is -3.94. The summed E-state index contributed by atoms with van der Waals surface area (Å²) in [5.74, 6) is -1.13. The molecule has 3 N–H and O–H groups in total. The molecule has 0 aliphatic heterocycles. The van der Waals surface area contributed by atoms with E-state index >= 15 is 0 Å². The molecule has 0 saturated carbocycles. The van der Waals surface area contributed by atoms with Gasteiger partial charge in [-0.2, -0.15) is 0 Å². The number of sulfonamides is 1. The second-order valence-electron chi connectivity index (χ2n) is 3.84. The first-order valence-corrected chi connectivity index (χ1v) is 7.01. The Morgan fingerprint density at radius 1 is 1.44 bits per heavy atom. The molecule has 0 spiro atoms. The maximum Gasteiger partial charge on any atom is 0.238 e. The van der Waals surface area contributed by atoms with Gasteiger partial charge in [-0.15, -0.1) is 0 Å². The molecule has 0 heterocycles. The fourth-order valence-electron chi connectivity index (χ4n) is 1.32. The number of rotatable bonds is 5. The van der Waals surface area contributed by atoms with Gasteiger partial charge in [0.05, 0.1) is 10.6 Å². The third-order valence-electron chi connectivity index (χ3n) is 2.30. The lowest BCUT2D eigenvalue weighted by Crippen LogP contribution is -2.15. The molecule has 100 valence electrons. The zero-order valence-electron chi connectivity index (χ0n) is 9.94. The summed E-state index contributed by atoms with van der Waals surface area (Å²) in [6.45, 7) is 1.94. The average Bonchev–Trinajstić information content (AvgIpc) is 2.27. The standard InChI is InChI=1S/C11H15FN2O3S/c1-2-3-4-11(15)14-10-6-5-8(7-9(10)12)18(13,16)17/h5-7H,2-4H2,1H3,(H,14,15)(H2,13,16,17). The van der Waals surface area contributed by atoms with Crippen LogP contribution in [-0.4, -0.2) is 14.3 Å².